The zero-order chi connectivity index (χ0) is 16.2. The Morgan fingerprint density at radius 1 is 1.17 bits per heavy atom. The summed E-state index contributed by atoms with van der Waals surface area (Å²) < 4.78 is 0. The molecule has 3 aromatic heterocycles. The third kappa shape index (κ3) is 3.86. The fraction of sp³-hybridized carbons (Fsp3) is 0.133. The minimum atomic E-state index is -0.288. The van der Waals surface area contributed by atoms with E-state index >= 15 is 0 Å². The minimum Gasteiger partial charge on any atom is -0.319 e. The molecule has 0 aliphatic heterocycles. The Balaban J connectivity index is 1.71. The van der Waals surface area contributed by atoms with Gasteiger partial charge in [-0.05, 0) is 32.0 Å². The van der Waals surface area contributed by atoms with E-state index in [2.05, 4.69) is 30.6 Å². The lowest BCUT2D eigenvalue weighted by Gasteiger charge is -2.03. The lowest BCUT2D eigenvalue weighted by atomic mass is 10.4. The first-order valence-corrected chi connectivity index (χ1v) is 7.74. The van der Waals surface area contributed by atoms with Crippen LogP contribution in [0.2, 0.25) is 0 Å². The van der Waals surface area contributed by atoms with Crippen molar-refractivity contribution in [3.8, 4) is 0 Å². The van der Waals surface area contributed by atoms with Gasteiger partial charge in [0.15, 0.2) is 5.13 Å². The third-order valence-electron chi connectivity index (χ3n) is 2.86. The maximum Gasteiger partial charge on any atom is 0.275 e. The Morgan fingerprint density at radius 3 is 2.65 bits per heavy atom. The van der Waals surface area contributed by atoms with E-state index in [4.69, 9.17) is 0 Å². The number of carbonyl (C=O) groups excluding carboxylic acids is 1. The van der Waals surface area contributed by atoms with Crippen LogP contribution in [0.1, 0.15) is 21.9 Å². The Kier molecular flexibility index (Phi) is 4.24. The quantitative estimate of drug-likeness (QED) is 0.766. The first-order chi connectivity index (χ1) is 11.1. The van der Waals surface area contributed by atoms with Crippen molar-refractivity contribution in [2.45, 2.75) is 13.8 Å². The first-order valence-electron chi connectivity index (χ1n) is 6.86. The lowest BCUT2D eigenvalue weighted by Crippen LogP contribution is -2.12. The minimum absolute atomic E-state index is 0.288. The van der Waals surface area contributed by atoms with Crippen molar-refractivity contribution >= 4 is 34.0 Å². The molecular weight excluding hydrogens is 312 g/mol. The van der Waals surface area contributed by atoms with Crippen LogP contribution in [-0.4, -0.2) is 25.8 Å². The number of nitrogens with zero attached hydrogens (tertiary/aromatic N) is 4. The summed E-state index contributed by atoms with van der Waals surface area (Å²) in [5.41, 5.74) is 2.68. The Labute approximate surface area is 136 Å². The van der Waals surface area contributed by atoms with Crippen molar-refractivity contribution < 1.29 is 4.79 Å². The second-order valence-corrected chi connectivity index (χ2v) is 5.69. The largest absolute Gasteiger partial charge is 0.319 e. The molecule has 1 amide bonds. The molecule has 0 fully saturated rings. The fourth-order valence-electron chi connectivity index (χ4n) is 1.94. The Hall–Kier alpha value is -2.87. The number of anilines is 3. The molecule has 0 atom stereocenters. The molecule has 0 aliphatic carbocycles. The fourth-order valence-corrected chi connectivity index (χ4v) is 2.63. The molecule has 0 unspecified atom stereocenters. The zero-order valence-electron chi connectivity index (χ0n) is 12.6. The molecule has 0 bridgehead atoms. The number of pyridine rings is 1. The van der Waals surface area contributed by atoms with Crippen LogP contribution in [0.15, 0.2) is 36.0 Å². The van der Waals surface area contributed by atoms with Crippen LogP contribution in [0, 0.1) is 13.8 Å². The summed E-state index contributed by atoms with van der Waals surface area (Å²) >= 11 is 1.32. The van der Waals surface area contributed by atoms with Crippen LogP contribution in [0.3, 0.4) is 0 Å². The van der Waals surface area contributed by atoms with E-state index in [1.807, 2.05) is 19.9 Å². The number of hydrogen-bond donors (Lipinski definition) is 2. The molecule has 23 heavy (non-hydrogen) atoms. The van der Waals surface area contributed by atoms with E-state index < -0.39 is 0 Å². The highest BCUT2D eigenvalue weighted by molar-refractivity contribution is 7.14. The van der Waals surface area contributed by atoms with Gasteiger partial charge >= 0.3 is 0 Å². The highest BCUT2D eigenvalue weighted by Crippen LogP contribution is 2.20. The van der Waals surface area contributed by atoms with Gasteiger partial charge in [-0.15, -0.1) is 11.3 Å². The van der Waals surface area contributed by atoms with Crippen LogP contribution in [0.4, 0.5) is 16.8 Å². The van der Waals surface area contributed by atoms with E-state index in [1.54, 1.807) is 29.9 Å². The first kappa shape index (κ1) is 15.0. The molecule has 0 spiro atoms. The topological polar surface area (TPSA) is 92.7 Å². The molecule has 3 heterocycles. The number of aromatic nitrogens is 4. The number of amides is 1. The molecule has 8 heteroatoms. The monoisotopic (exact) mass is 326 g/mol. The molecule has 116 valence electrons. The standard InChI is InChI=1S/C15H14N6OS/c1-9-6-10(2)18-14(17-9)21-15-20-12(8-23-15)13(22)19-11-4-3-5-16-7-11/h3-8H,1-2H3,(H,19,22)(H,17,18,20,21). The summed E-state index contributed by atoms with van der Waals surface area (Å²) in [6, 6.07) is 5.40. The average molecular weight is 326 g/mol. The summed E-state index contributed by atoms with van der Waals surface area (Å²) in [6.07, 6.45) is 3.22. The van der Waals surface area contributed by atoms with Gasteiger partial charge in [0, 0.05) is 23.0 Å². The third-order valence-corrected chi connectivity index (χ3v) is 3.61. The van der Waals surface area contributed by atoms with Crippen LogP contribution < -0.4 is 10.6 Å². The summed E-state index contributed by atoms with van der Waals surface area (Å²) in [4.78, 5) is 28.9. The molecule has 0 radical (unpaired) electrons. The molecular formula is C15H14N6OS. The van der Waals surface area contributed by atoms with Gasteiger partial charge < -0.3 is 10.6 Å². The van der Waals surface area contributed by atoms with Crippen molar-refractivity contribution in [2.24, 2.45) is 0 Å². The second kappa shape index (κ2) is 6.49. The van der Waals surface area contributed by atoms with Crippen molar-refractivity contribution in [1.29, 1.82) is 0 Å². The van der Waals surface area contributed by atoms with E-state index in [0.29, 0.717) is 22.5 Å². The lowest BCUT2D eigenvalue weighted by molar-refractivity contribution is 0.102. The summed E-state index contributed by atoms with van der Waals surface area (Å²) in [6.45, 7) is 3.79. The van der Waals surface area contributed by atoms with Gasteiger partial charge in [0.1, 0.15) is 5.69 Å². The average Bonchev–Trinajstić information content (AvgIpc) is 2.96. The predicted octanol–water partition coefficient (Wildman–Crippen LogP) is 2.94. The SMILES string of the molecule is Cc1cc(C)nc(Nc2nc(C(=O)Nc3cccnc3)cs2)n1. The molecule has 3 aromatic rings. The number of nitrogens with one attached hydrogen (secondary N) is 2. The number of carbonyl (C=O) groups is 1. The van der Waals surface area contributed by atoms with Crippen molar-refractivity contribution in [3.63, 3.8) is 0 Å². The van der Waals surface area contributed by atoms with Gasteiger partial charge in [-0.3, -0.25) is 9.78 Å². The van der Waals surface area contributed by atoms with Gasteiger partial charge in [0.2, 0.25) is 5.95 Å². The van der Waals surface area contributed by atoms with Crippen LogP contribution in [0.5, 0.6) is 0 Å². The summed E-state index contributed by atoms with van der Waals surface area (Å²) in [5.74, 6) is 0.180. The maximum absolute atomic E-state index is 12.1. The second-order valence-electron chi connectivity index (χ2n) is 4.83. The molecule has 7 nitrogen and oxygen atoms in total. The van der Waals surface area contributed by atoms with Crippen molar-refractivity contribution in [2.75, 3.05) is 10.6 Å². The highest BCUT2D eigenvalue weighted by Gasteiger charge is 2.12. The molecule has 3 rings (SSSR count). The smallest absolute Gasteiger partial charge is 0.275 e. The van der Waals surface area contributed by atoms with Gasteiger partial charge in [0.05, 0.1) is 11.9 Å². The number of thiazole rings is 1. The van der Waals surface area contributed by atoms with E-state index in [-0.39, 0.29) is 5.91 Å². The van der Waals surface area contributed by atoms with Gasteiger partial charge in [-0.1, -0.05) is 0 Å². The van der Waals surface area contributed by atoms with Gasteiger partial charge in [-0.25, -0.2) is 15.0 Å². The van der Waals surface area contributed by atoms with E-state index in [1.165, 1.54) is 11.3 Å². The van der Waals surface area contributed by atoms with Crippen LogP contribution in [-0.2, 0) is 0 Å². The van der Waals surface area contributed by atoms with Crippen LogP contribution >= 0.6 is 11.3 Å². The Bertz CT molecular complexity index is 813. The highest BCUT2D eigenvalue weighted by atomic mass is 32.1. The zero-order valence-corrected chi connectivity index (χ0v) is 13.4. The molecule has 0 aliphatic rings. The van der Waals surface area contributed by atoms with Gasteiger partial charge in [0.25, 0.3) is 5.91 Å². The normalized spacial score (nSPS) is 10.3. The maximum atomic E-state index is 12.1. The number of aryl methyl sites for hydroxylation is 2. The number of rotatable bonds is 4. The van der Waals surface area contributed by atoms with E-state index in [0.717, 1.165) is 11.4 Å². The van der Waals surface area contributed by atoms with Gasteiger partial charge in [-0.2, -0.15) is 0 Å². The van der Waals surface area contributed by atoms with Crippen LogP contribution in [0.25, 0.3) is 0 Å². The molecule has 0 saturated carbocycles. The summed E-state index contributed by atoms with van der Waals surface area (Å²) in [5, 5.41) is 7.99. The predicted molar refractivity (Wildman–Crippen MR) is 89.1 cm³/mol. The molecule has 0 aromatic carbocycles. The van der Waals surface area contributed by atoms with E-state index in [9.17, 15) is 4.79 Å². The van der Waals surface area contributed by atoms with Crippen molar-refractivity contribution in [3.05, 3.63) is 53.1 Å². The van der Waals surface area contributed by atoms with Crippen molar-refractivity contribution in [1.82, 2.24) is 19.9 Å². The number of hydrogen-bond acceptors (Lipinski definition) is 7. The summed E-state index contributed by atoms with van der Waals surface area (Å²) in [7, 11) is 0. The Morgan fingerprint density at radius 2 is 1.96 bits per heavy atom. The molecule has 0 saturated heterocycles. The molecule has 2 N–H and O–H groups in total.